The lowest BCUT2D eigenvalue weighted by Gasteiger charge is -2.29. The van der Waals surface area contributed by atoms with Crippen LogP contribution < -0.4 is 54.8 Å². The Hall–Kier alpha value is -4.44. The molecule has 616 valence electrons. The Morgan fingerprint density at radius 2 is 0.533 bits per heavy atom. The van der Waals surface area contributed by atoms with E-state index < -0.39 is 96.3 Å². The number of carbonyl (C=O) groups is 8. The van der Waals surface area contributed by atoms with E-state index in [4.69, 9.17) is 27.7 Å². The van der Waals surface area contributed by atoms with Crippen LogP contribution in [0.15, 0.2) is 0 Å². The van der Waals surface area contributed by atoms with Crippen molar-refractivity contribution in [1.29, 1.82) is 0 Å². The summed E-state index contributed by atoms with van der Waals surface area (Å²) in [5, 5.41) is 36.9. The summed E-state index contributed by atoms with van der Waals surface area (Å²) >= 11 is 0. The molecule has 0 aromatic rings. The maximum atomic E-state index is 14.9. The first kappa shape index (κ1) is 101. The maximum absolute atomic E-state index is 14.9. The summed E-state index contributed by atoms with van der Waals surface area (Å²) in [6.07, 6.45) is 57.8. The second-order valence-corrected chi connectivity index (χ2v) is 30.7. The molecule has 105 heavy (non-hydrogen) atoms. The monoisotopic (exact) mass is 1490 g/mol. The predicted octanol–water partition coefficient (Wildman–Crippen LogP) is 15.4. The number of nitrogens with two attached hydrogens (primary N) is 4. The van der Waals surface area contributed by atoms with Crippen molar-refractivity contribution in [2.45, 2.75) is 449 Å². The Kier molecular flexibility index (Phi) is 70.6. The number of aliphatic hydroxyl groups is 1. The third kappa shape index (κ3) is 58.2. The van der Waals surface area contributed by atoms with Crippen molar-refractivity contribution in [2.75, 3.05) is 32.8 Å². The van der Waals surface area contributed by atoms with Crippen LogP contribution in [0.4, 0.5) is 0 Å². The lowest BCUT2D eigenvalue weighted by Crippen LogP contribution is -2.60. The number of ether oxygens (including phenoxy) is 1. The normalized spacial score (nSPS) is 13.8. The highest BCUT2D eigenvalue weighted by molar-refractivity contribution is 5.97. The Labute approximate surface area is 640 Å². The minimum Gasteiger partial charge on any atom is -0.480 e. The predicted molar refractivity (Wildman–Crippen MR) is 431 cm³/mol. The van der Waals surface area contributed by atoms with E-state index in [2.05, 4.69) is 52.7 Å². The largest absolute Gasteiger partial charge is 0.480 e. The third-order valence-corrected chi connectivity index (χ3v) is 20.9. The van der Waals surface area contributed by atoms with Crippen LogP contribution in [-0.2, 0) is 43.1 Å². The van der Waals surface area contributed by atoms with Crippen LogP contribution in [0.5, 0.6) is 0 Å². The summed E-state index contributed by atoms with van der Waals surface area (Å²) in [5.41, 5.74) is 23.1. The number of carboxylic acids is 1. The fraction of sp³-hybridized carbons (Fsp3) is 0.905. The first-order chi connectivity index (χ1) is 51.1. The van der Waals surface area contributed by atoms with Gasteiger partial charge in [-0.1, -0.05) is 290 Å². The zero-order valence-electron chi connectivity index (χ0n) is 67.8. The number of carbonyl (C=O) groups excluding carboxylic acids is 7. The highest BCUT2D eigenvalue weighted by atomic mass is 16.5. The summed E-state index contributed by atoms with van der Waals surface area (Å²) in [5.74, 6) is -6.50. The van der Waals surface area contributed by atoms with Gasteiger partial charge in [-0.05, 0) is 136 Å². The van der Waals surface area contributed by atoms with E-state index in [0.717, 1.165) is 77.0 Å². The van der Waals surface area contributed by atoms with Gasteiger partial charge in [0.05, 0.1) is 12.5 Å². The van der Waals surface area contributed by atoms with Gasteiger partial charge in [-0.15, -0.1) is 0 Å². The molecular formula is C84H164N10O11. The van der Waals surface area contributed by atoms with Crippen molar-refractivity contribution in [1.82, 2.24) is 31.9 Å². The second-order valence-electron chi connectivity index (χ2n) is 30.7. The molecule has 0 aliphatic heterocycles. The maximum Gasteiger partial charge on any atom is 0.326 e. The van der Waals surface area contributed by atoms with Crippen LogP contribution in [0.3, 0.4) is 0 Å². The van der Waals surface area contributed by atoms with Gasteiger partial charge in [-0.3, -0.25) is 33.6 Å². The van der Waals surface area contributed by atoms with Gasteiger partial charge in [0.15, 0.2) is 0 Å². The molecule has 0 radical (unpaired) electrons. The number of amides is 6. The van der Waals surface area contributed by atoms with Crippen LogP contribution in [0, 0.1) is 5.92 Å². The molecule has 0 saturated carbocycles. The molecule has 8 atom stereocenters. The summed E-state index contributed by atoms with van der Waals surface area (Å²) < 4.78 is 6.43. The zero-order chi connectivity index (χ0) is 77.4. The first-order valence-electron chi connectivity index (χ1n) is 43.7. The number of unbranched alkanes of at least 4 members (excludes halogenated alkanes) is 45. The number of aliphatic carboxylic acids is 1. The lowest BCUT2D eigenvalue weighted by molar-refractivity contribution is -0.155. The molecule has 6 amide bonds. The molecule has 0 aromatic heterocycles. The van der Waals surface area contributed by atoms with Gasteiger partial charge in [0, 0.05) is 6.42 Å². The minimum absolute atomic E-state index is 0.0701. The van der Waals surface area contributed by atoms with Crippen molar-refractivity contribution in [3.05, 3.63) is 0 Å². The highest BCUT2D eigenvalue weighted by Crippen LogP contribution is 2.26. The molecule has 16 N–H and O–H groups in total. The standard InChI is InChI=1S/C84H164N10O11/c1-5-8-11-14-17-20-23-26-29-32-35-38-41-44-47-62-76(105-77(96)63-48-45-42-39-36-33-30-27-24-21-18-15-12-9-6-2)70(57-46-43-40-37-34-31-28-25-22-19-16-13-10-7-3)79(98)89-69(4)78(97)94-75(68-95)83(102)92-72(59-50-54-65-86)81(100)90-71(58-49-53-64-85)80(99)91-73(60-51-55-66-87)82(101)93-74(84(103)104)61-52-56-67-88/h69-76,95H,5-68,85-88H2,1-4H3,(H,89,98)(H,90,100)(H,91,99)(H,92,102)(H,93,101)(H,94,97)(H,103,104)/t69-,70?,71-,72-,73-,74-,75-,76?/m0/s1. The highest BCUT2D eigenvalue weighted by Gasteiger charge is 2.35. The Morgan fingerprint density at radius 1 is 0.286 bits per heavy atom. The first-order valence-corrected chi connectivity index (χ1v) is 43.7. The van der Waals surface area contributed by atoms with Crippen molar-refractivity contribution < 1.29 is 53.3 Å². The number of aliphatic hydroxyl groups excluding tert-OH is 1. The fourth-order valence-corrected chi connectivity index (χ4v) is 14.0. The minimum atomic E-state index is -1.56. The Bertz CT molecular complexity index is 2110. The lowest BCUT2D eigenvalue weighted by atomic mass is 9.90. The van der Waals surface area contributed by atoms with Crippen molar-refractivity contribution >= 4 is 47.4 Å². The van der Waals surface area contributed by atoms with E-state index in [1.807, 2.05) is 0 Å². The van der Waals surface area contributed by atoms with Crippen LogP contribution >= 0.6 is 0 Å². The number of carboxylic acid groups (broad SMARTS) is 1. The molecule has 0 aliphatic carbocycles. The molecule has 0 heterocycles. The van der Waals surface area contributed by atoms with E-state index >= 15 is 0 Å². The van der Waals surface area contributed by atoms with Crippen molar-refractivity contribution in [2.24, 2.45) is 28.9 Å². The molecule has 0 aromatic carbocycles. The van der Waals surface area contributed by atoms with E-state index in [1.54, 1.807) is 0 Å². The molecule has 21 heteroatoms. The number of esters is 1. The number of rotatable bonds is 79. The van der Waals surface area contributed by atoms with E-state index in [9.17, 15) is 48.6 Å². The van der Waals surface area contributed by atoms with Gasteiger partial charge in [-0.2, -0.15) is 0 Å². The smallest absolute Gasteiger partial charge is 0.326 e. The quantitative estimate of drug-likeness (QED) is 0.0199. The van der Waals surface area contributed by atoms with E-state index in [-0.39, 0.29) is 44.6 Å². The fourth-order valence-electron chi connectivity index (χ4n) is 14.0. The van der Waals surface area contributed by atoms with Crippen LogP contribution in [0.25, 0.3) is 0 Å². The molecule has 0 bridgehead atoms. The van der Waals surface area contributed by atoms with E-state index in [0.29, 0.717) is 83.8 Å². The van der Waals surface area contributed by atoms with Crippen molar-refractivity contribution in [3.8, 4) is 0 Å². The van der Waals surface area contributed by atoms with Crippen molar-refractivity contribution in [3.63, 3.8) is 0 Å². The summed E-state index contributed by atoms with van der Waals surface area (Å²) in [6, 6.07) is -7.64. The third-order valence-electron chi connectivity index (χ3n) is 20.9. The zero-order valence-corrected chi connectivity index (χ0v) is 67.8. The molecule has 0 fully saturated rings. The van der Waals surface area contributed by atoms with Crippen LogP contribution in [0.2, 0.25) is 0 Å². The topological polar surface area (TPSA) is 363 Å². The molecule has 21 nitrogen and oxygen atoms in total. The summed E-state index contributed by atoms with van der Waals surface area (Å²) in [6.45, 7) is 8.69. The van der Waals surface area contributed by atoms with Gasteiger partial charge in [0.2, 0.25) is 35.4 Å². The average Bonchev–Trinajstić information content (AvgIpc) is 0.867. The summed E-state index contributed by atoms with van der Waals surface area (Å²) in [7, 11) is 0. The van der Waals surface area contributed by atoms with Gasteiger partial charge < -0.3 is 69.8 Å². The molecule has 2 unspecified atom stereocenters. The van der Waals surface area contributed by atoms with Crippen LogP contribution in [-0.4, -0.2) is 133 Å². The summed E-state index contributed by atoms with van der Waals surface area (Å²) in [4.78, 5) is 112. The number of nitrogens with one attached hydrogen (secondary N) is 6. The second kappa shape index (κ2) is 73.7. The molecular weight excluding hydrogens is 1320 g/mol. The SMILES string of the molecule is CCCCCCCCCCCCCCCCCC(=O)OC(CCCCCCCCCCCCCCCCC)C(CCCCCCCCCCCCCCCC)C(=O)N[C@@H](C)C(=O)N[C@@H](CO)C(=O)N[C@@H](CCCCN)C(=O)N[C@@H](CCCCN)C(=O)N[C@@H](CCCCN)C(=O)N[C@@H](CCCCN)C(=O)O. The van der Waals surface area contributed by atoms with Crippen LogP contribution in [0.1, 0.15) is 407 Å². The molecule has 0 rings (SSSR count). The molecule has 0 saturated heterocycles. The number of hydrogen-bond acceptors (Lipinski definition) is 14. The van der Waals surface area contributed by atoms with E-state index in [1.165, 1.54) is 212 Å². The Balaban J connectivity index is 6.60. The Morgan fingerprint density at radius 3 is 0.829 bits per heavy atom. The average molecular weight is 1490 g/mol. The van der Waals surface area contributed by atoms with Gasteiger partial charge in [-0.25, -0.2) is 4.79 Å². The van der Waals surface area contributed by atoms with Gasteiger partial charge in [0.25, 0.3) is 0 Å². The van der Waals surface area contributed by atoms with Gasteiger partial charge >= 0.3 is 11.9 Å². The van der Waals surface area contributed by atoms with Gasteiger partial charge in [0.1, 0.15) is 42.4 Å². The molecule has 0 spiro atoms. The molecule has 0 aliphatic rings. The number of hydrogen-bond donors (Lipinski definition) is 12.